The molecule has 8 rings (SSSR count). The first kappa shape index (κ1) is 41.9. The molecule has 0 aliphatic carbocycles. The minimum Gasteiger partial charge on any atom is -0.493 e. The van der Waals surface area contributed by atoms with Gasteiger partial charge in [-0.25, -0.2) is 4.79 Å². The van der Waals surface area contributed by atoms with Gasteiger partial charge in [-0.2, -0.15) is 5.10 Å². The van der Waals surface area contributed by atoms with Crippen LogP contribution >= 0.6 is 0 Å². The molecule has 0 spiro atoms. The van der Waals surface area contributed by atoms with Gasteiger partial charge in [0.1, 0.15) is 29.4 Å². The zero-order chi connectivity index (χ0) is 42.5. The van der Waals surface area contributed by atoms with Gasteiger partial charge in [0.05, 0.1) is 36.7 Å². The van der Waals surface area contributed by atoms with Gasteiger partial charge in [-0.05, 0) is 81.8 Å². The van der Waals surface area contributed by atoms with Crippen LogP contribution < -0.4 is 14.4 Å². The third kappa shape index (κ3) is 9.27. The van der Waals surface area contributed by atoms with Gasteiger partial charge in [-0.1, -0.05) is 66.7 Å². The summed E-state index contributed by atoms with van der Waals surface area (Å²) in [4.78, 5) is 16.6. The van der Waals surface area contributed by atoms with E-state index in [-0.39, 0.29) is 12.7 Å². The number of fused-ring (bicyclic) bond motifs is 3. The second-order valence-corrected chi connectivity index (χ2v) is 16.5. The molecule has 1 N–H and O–H groups in total. The van der Waals surface area contributed by atoms with Crippen molar-refractivity contribution in [2.24, 2.45) is 7.05 Å². The lowest BCUT2D eigenvalue weighted by Crippen LogP contribution is -2.50. The molecule has 1 saturated heterocycles. The van der Waals surface area contributed by atoms with E-state index >= 15 is 0 Å². The quantitative estimate of drug-likeness (QED) is 0.0734. The Balaban J connectivity index is 1.06. The number of anilines is 1. The number of allylic oxidation sites excluding steroid dienone is 1. The third-order valence-electron chi connectivity index (χ3n) is 11.3. The number of hydrogen-bond acceptors (Lipinski definition) is 9. The molecule has 2 aliphatic heterocycles. The Kier molecular flexibility index (Phi) is 12.7. The van der Waals surface area contributed by atoms with Gasteiger partial charge in [0.2, 0.25) is 0 Å². The average Bonchev–Trinajstić information content (AvgIpc) is 3.74. The summed E-state index contributed by atoms with van der Waals surface area (Å²) in [6.45, 7) is 12.6. The smallest absolute Gasteiger partial charge is 0.410 e. The Bertz CT molecular complexity index is 2490. The Morgan fingerprint density at radius 1 is 0.902 bits per heavy atom. The van der Waals surface area contributed by atoms with Crippen LogP contribution in [0.3, 0.4) is 0 Å². The number of amides is 1. The van der Waals surface area contributed by atoms with Crippen molar-refractivity contribution in [2.45, 2.75) is 72.2 Å². The van der Waals surface area contributed by atoms with E-state index in [2.05, 4.69) is 64.1 Å². The molecule has 6 aromatic rings. The summed E-state index contributed by atoms with van der Waals surface area (Å²) in [5.74, 6) is 1.59. The van der Waals surface area contributed by atoms with Crippen molar-refractivity contribution in [1.29, 1.82) is 0 Å². The Morgan fingerprint density at radius 3 is 2.44 bits per heavy atom. The molecule has 0 radical (unpaired) electrons. The van der Waals surface area contributed by atoms with Crippen LogP contribution in [-0.4, -0.2) is 82.0 Å². The fourth-order valence-corrected chi connectivity index (χ4v) is 8.47. The first-order valence-corrected chi connectivity index (χ1v) is 21.4. The molecule has 1 amide bonds. The van der Waals surface area contributed by atoms with Gasteiger partial charge in [-0.15, -0.1) is 0 Å². The summed E-state index contributed by atoms with van der Waals surface area (Å²) in [5.41, 5.74) is 7.00. The van der Waals surface area contributed by atoms with Crippen LogP contribution in [0.5, 0.6) is 11.5 Å². The van der Waals surface area contributed by atoms with Crippen molar-refractivity contribution in [3.63, 3.8) is 0 Å². The number of aryl methyl sites for hydroxylation is 2. The summed E-state index contributed by atoms with van der Waals surface area (Å²) < 4.78 is 34.6. The molecule has 61 heavy (non-hydrogen) atoms. The van der Waals surface area contributed by atoms with E-state index < -0.39 is 11.9 Å². The number of carbonyl (C=O) groups is 1. The lowest BCUT2D eigenvalue weighted by molar-refractivity contribution is -0.103. The molecule has 320 valence electrons. The molecular weight excluding hydrogens is 771 g/mol. The number of nitrogens with zero attached hydrogens (tertiary/aromatic N) is 5. The van der Waals surface area contributed by atoms with E-state index in [9.17, 15) is 9.90 Å². The third-order valence-corrected chi connectivity index (χ3v) is 11.3. The fraction of sp³-hybridized carbons (Fsp3) is 0.388. The highest BCUT2D eigenvalue weighted by Crippen LogP contribution is 2.41. The van der Waals surface area contributed by atoms with E-state index in [1.807, 2.05) is 81.9 Å². The van der Waals surface area contributed by atoms with E-state index in [1.54, 1.807) is 4.90 Å². The maximum Gasteiger partial charge on any atom is 0.410 e. The molecule has 12 heteroatoms. The lowest BCUT2D eigenvalue weighted by atomic mass is 9.98. The lowest BCUT2D eigenvalue weighted by Gasteiger charge is -2.36. The summed E-state index contributed by atoms with van der Waals surface area (Å²) in [6.07, 6.45) is 4.14. The molecule has 1 unspecified atom stereocenters. The molecule has 2 aliphatic rings. The molecule has 12 nitrogen and oxygen atoms in total. The molecule has 0 bridgehead atoms. The SMILES string of the molecule is CCOC(O)c1c(CCCOc2cccc3ccccc23)c2cccc3c2n1C/C=C\COCc1c-3c(COc2ccc(N3CCN(C(=O)OC(C)(C)C)CC3)cc2)nn1C. The molecular formula is C49H57N5O7. The van der Waals surface area contributed by atoms with Crippen molar-refractivity contribution in [3.8, 4) is 22.6 Å². The molecule has 0 saturated carbocycles. The van der Waals surface area contributed by atoms with Gasteiger partial charge in [0, 0.05) is 74.0 Å². The Morgan fingerprint density at radius 2 is 1.66 bits per heavy atom. The maximum atomic E-state index is 12.6. The van der Waals surface area contributed by atoms with Crippen molar-refractivity contribution < 1.29 is 33.6 Å². The van der Waals surface area contributed by atoms with E-state index in [0.29, 0.717) is 65.6 Å². The molecule has 2 aromatic heterocycles. The summed E-state index contributed by atoms with van der Waals surface area (Å²) >= 11 is 0. The summed E-state index contributed by atoms with van der Waals surface area (Å²) in [5, 5.41) is 20.0. The minimum atomic E-state index is -1.12. The number of hydrogen-bond donors (Lipinski definition) is 1. The van der Waals surface area contributed by atoms with E-state index in [0.717, 1.165) is 79.1 Å². The normalized spacial score (nSPS) is 15.6. The van der Waals surface area contributed by atoms with Crippen LogP contribution in [0.1, 0.15) is 63.1 Å². The van der Waals surface area contributed by atoms with Crippen LogP contribution in [0.4, 0.5) is 10.5 Å². The highest BCUT2D eigenvalue weighted by atomic mass is 16.6. The molecule has 4 heterocycles. The summed E-state index contributed by atoms with van der Waals surface area (Å²) in [7, 11) is 1.95. The van der Waals surface area contributed by atoms with Crippen LogP contribution in [-0.2, 0) is 47.4 Å². The maximum absolute atomic E-state index is 12.6. The zero-order valence-electron chi connectivity index (χ0n) is 35.9. The number of aliphatic hydroxyl groups excluding tert-OH is 1. The predicted octanol–water partition coefficient (Wildman–Crippen LogP) is 8.96. The van der Waals surface area contributed by atoms with Crippen molar-refractivity contribution in [3.05, 3.63) is 120 Å². The number of aliphatic hydroxyl groups is 1. The predicted molar refractivity (Wildman–Crippen MR) is 238 cm³/mol. The van der Waals surface area contributed by atoms with E-state index in [4.69, 9.17) is 28.8 Å². The second kappa shape index (κ2) is 18.4. The second-order valence-electron chi connectivity index (χ2n) is 16.5. The van der Waals surface area contributed by atoms with Gasteiger partial charge in [0.25, 0.3) is 0 Å². The highest BCUT2D eigenvalue weighted by molar-refractivity contribution is 5.99. The zero-order valence-corrected chi connectivity index (χ0v) is 35.9. The molecule has 1 atom stereocenters. The van der Waals surface area contributed by atoms with E-state index in [1.165, 1.54) is 0 Å². The Hall–Kier alpha value is -5.82. The number of benzene rings is 4. The van der Waals surface area contributed by atoms with Gasteiger partial charge >= 0.3 is 6.09 Å². The van der Waals surface area contributed by atoms with Crippen LogP contribution in [0, 0.1) is 0 Å². The number of carbonyl (C=O) groups excluding carboxylic acids is 1. The summed E-state index contributed by atoms with van der Waals surface area (Å²) in [6, 6.07) is 28.9. The molecule has 4 aromatic carbocycles. The first-order valence-electron chi connectivity index (χ1n) is 21.4. The average molecular weight is 828 g/mol. The van der Waals surface area contributed by atoms with Crippen LogP contribution in [0.15, 0.2) is 97.1 Å². The molecule has 1 fully saturated rings. The van der Waals surface area contributed by atoms with Crippen LogP contribution in [0.25, 0.3) is 32.8 Å². The van der Waals surface area contributed by atoms with Crippen LogP contribution in [0.2, 0.25) is 0 Å². The van der Waals surface area contributed by atoms with Gasteiger partial charge < -0.3 is 43.2 Å². The van der Waals surface area contributed by atoms with Crippen molar-refractivity contribution >= 4 is 33.5 Å². The fourth-order valence-electron chi connectivity index (χ4n) is 8.47. The monoisotopic (exact) mass is 827 g/mol. The standard InChI is InChI=1S/C49H57N5O7/c1-6-58-47(55)46-39(19-13-31-59-43-20-11-15-34-14-7-8-16-37(34)43)38-17-12-18-40-44-41(50-51(5)42(44)33-57-30-10-9-25-54(46)45(38)40)32-60-36-23-21-35(22-24-36)52-26-28-53(29-27-52)48(56)61-49(2,3)4/h7-12,14-18,20-24,47,55H,6,13,19,25-33H2,1-5H3/b10-9-. The number of para-hydroxylation sites is 1. The van der Waals surface area contributed by atoms with Crippen molar-refractivity contribution in [1.82, 2.24) is 19.2 Å². The van der Waals surface area contributed by atoms with Crippen molar-refractivity contribution in [2.75, 3.05) is 50.9 Å². The number of ether oxygens (including phenoxy) is 5. The highest BCUT2D eigenvalue weighted by Gasteiger charge is 2.29. The number of rotatable bonds is 12. The number of aromatic nitrogens is 3. The van der Waals surface area contributed by atoms with Gasteiger partial charge in [0.15, 0.2) is 6.29 Å². The topological polar surface area (TPSA) is 113 Å². The number of piperazine rings is 1. The Labute approximate surface area is 357 Å². The minimum absolute atomic E-state index is 0.235. The first-order chi connectivity index (χ1) is 29.6. The largest absolute Gasteiger partial charge is 0.493 e. The van der Waals surface area contributed by atoms with Gasteiger partial charge in [-0.3, -0.25) is 4.68 Å².